The quantitative estimate of drug-likeness (QED) is 0.672. The summed E-state index contributed by atoms with van der Waals surface area (Å²) in [5, 5.41) is 2.91. The van der Waals surface area contributed by atoms with Crippen molar-refractivity contribution in [1.29, 1.82) is 0 Å². The van der Waals surface area contributed by atoms with E-state index in [0.29, 0.717) is 12.3 Å². The number of furan rings is 1. The second-order valence-electron chi connectivity index (χ2n) is 7.47. The van der Waals surface area contributed by atoms with Gasteiger partial charge in [0.15, 0.2) is 5.76 Å². The number of carbonyl (C=O) groups is 1. The number of rotatable bonds is 7. The number of hydrogen-bond acceptors (Lipinski definition) is 4. The number of amides is 1. The van der Waals surface area contributed by atoms with E-state index in [-0.39, 0.29) is 5.91 Å². The molecule has 4 rings (SSSR count). The van der Waals surface area contributed by atoms with Crippen LogP contribution in [0.5, 0.6) is 0 Å². The van der Waals surface area contributed by atoms with E-state index < -0.39 is 0 Å². The lowest BCUT2D eigenvalue weighted by Crippen LogP contribution is -2.45. The number of benzene rings is 2. The Balaban J connectivity index is 1.23. The molecule has 1 N–H and O–H groups in total. The van der Waals surface area contributed by atoms with E-state index in [0.717, 1.165) is 50.6 Å². The Morgan fingerprint density at radius 2 is 1.34 bits per heavy atom. The summed E-state index contributed by atoms with van der Waals surface area (Å²) >= 11 is 0. The molecule has 3 aromatic rings. The van der Waals surface area contributed by atoms with E-state index in [1.54, 1.807) is 6.07 Å². The van der Waals surface area contributed by atoms with Crippen LogP contribution in [0.3, 0.4) is 0 Å². The van der Waals surface area contributed by atoms with Gasteiger partial charge in [-0.05, 0) is 23.3 Å². The SMILES string of the molecule is O=C(NCc1ccccc1)c1ccc(CN2CCN(Cc3ccccc3)CC2)o1. The minimum atomic E-state index is -0.173. The van der Waals surface area contributed by atoms with Crippen molar-refractivity contribution >= 4 is 5.91 Å². The Hall–Kier alpha value is -2.89. The van der Waals surface area contributed by atoms with Crippen LogP contribution in [0, 0.1) is 0 Å². The molecule has 0 spiro atoms. The van der Waals surface area contributed by atoms with Crippen LogP contribution in [0.1, 0.15) is 27.4 Å². The largest absolute Gasteiger partial charge is 0.455 e. The third-order valence-electron chi connectivity index (χ3n) is 5.27. The summed E-state index contributed by atoms with van der Waals surface area (Å²) in [6, 6.07) is 24.2. The summed E-state index contributed by atoms with van der Waals surface area (Å²) in [6.07, 6.45) is 0. The third-order valence-corrected chi connectivity index (χ3v) is 5.27. The average Bonchev–Trinajstić information content (AvgIpc) is 3.23. The molecule has 0 aliphatic carbocycles. The molecular formula is C24H27N3O2. The number of nitrogens with one attached hydrogen (secondary N) is 1. The molecule has 150 valence electrons. The molecule has 1 aliphatic heterocycles. The molecule has 1 saturated heterocycles. The van der Waals surface area contributed by atoms with Gasteiger partial charge in [-0.3, -0.25) is 14.6 Å². The van der Waals surface area contributed by atoms with Gasteiger partial charge in [0.2, 0.25) is 0 Å². The molecule has 5 heteroatoms. The highest BCUT2D eigenvalue weighted by Gasteiger charge is 2.19. The zero-order valence-electron chi connectivity index (χ0n) is 16.6. The summed E-state index contributed by atoms with van der Waals surface area (Å²) in [5.41, 5.74) is 2.43. The van der Waals surface area contributed by atoms with E-state index in [2.05, 4.69) is 45.4 Å². The minimum Gasteiger partial charge on any atom is -0.455 e. The third kappa shape index (κ3) is 5.56. The molecule has 1 amide bonds. The first-order valence-corrected chi connectivity index (χ1v) is 10.2. The van der Waals surface area contributed by atoms with Crippen molar-refractivity contribution in [1.82, 2.24) is 15.1 Å². The van der Waals surface area contributed by atoms with Gasteiger partial charge in [0.1, 0.15) is 5.76 Å². The number of piperazine rings is 1. The van der Waals surface area contributed by atoms with Crippen molar-refractivity contribution in [3.8, 4) is 0 Å². The van der Waals surface area contributed by atoms with Crippen molar-refractivity contribution < 1.29 is 9.21 Å². The lowest BCUT2D eigenvalue weighted by atomic mass is 10.2. The van der Waals surface area contributed by atoms with Gasteiger partial charge in [0.05, 0.1) is 6.54 Å². The van der Waals surface area contributed by atoms with Crippen molar-refractivity contribution in [2.24, 2.45) is 0 Å². The van der Waals surface area contributed by atoms with Gasteiger partial charge in [0, 0.05) is 39.3 Å². The van der Waals surface area contributed by atoms with Crippen LogP contribution in [0.15, 0.2) is 77.2 Å². The van der Waals surface area contributed by atoms with E-state index in [4.69, 9.17) is 4.42 Å². The molecule has 5 nitrogen and oxygen atoms in total. The van der Waals surface area contributed by atoms with Gasteiger partial charge in [-0.15, -0.1) is 0 Å². The number of nitrogens with zero attached hydrogens (tertiary/aromatic N) is 2. The molecule has 0 unspecified atom stereocenters. The van der Waals surface area contributed by atoms with E-state index in [1.807, 2.05) is 36.4 Å². The Morgan fingerprint density at radius 3 is 2.00 bits per heavy atom. The number of carbonyl (C=O) groups excluding carboxylic acids is 1. The smallest absolute Gasteiger partial charge is 0.287 e. The highest BCUT2D eigenvalue weighted by atomic mass is 16.4. The molecule has 1 aliphatic rings. The molecule has 29 heavy (non-hydrogen) atoms. The molecule has 1 aromatic heterocycles. The minimum absolute atomic E-state index is 0.173. The average molecular weight is 389 g/mol. The zero-order chi connectivity index (χ0) is 19.9. The van der Waals surface area contributed by atoms with Crippen LogP contribution in [-0.4, -0.2) is 41.9 Å². The van der Waals surface area contributed by atoms with Gasteiger partial charge >= 0.3 is 0 Å². The van der Waals surface area contributed by atoms with Crippen molar-refractivity contribution in [2.75, 3.05) is 26.2 Å². The Labute approximate surface area is 171 Å². The van der Waals surface area contributed by atoms with Crippen LogP contribution in [0.25, 0.3) is 0 Å². The van der Waals surface area contributed by atoms with Crippen LogP contribution < -0.4 is 5.32 Å². The lowest BCUT2D eigenvalue weighted by Gasteiger charge is -2.34. The second kappa shape index (κ2) is 9.54. The van der Waals surface area contributed by atoms with E-state index >= 15 is 0 Å². The Morgan fingerprint density at radius 1 is 0.759 bits per heavy atom. The fourth-order valence-electron chi connectivity index (χ4n) is 3.62. The maximum absolute atomic E-state index is 12.3. The number of hydrogen-bond donors (Lipinski definition) is 1. The van der Waals surface area contributed by atoms with Gasteiger partial charge in [0.25, 0.3) is 5.91 Å². The summed E-state index contributed by atoms with van der Waals surface area (Å²) in [4.78, 5) is 17.2. The Kier molecular flexibility index (Phi) is 6.39. The molecule has 0 atom stereocenters. The van der Waals surface area contributed by atoms with Gasteiger partial charge in [-0.2, -0.15) is 0 Å². The van der Waals surface area contributed by atoms with Gasteiger partial charge < -0.3 is 9.73 Å². The highest BCUT2D eigenvalue weighted by molar-refractivity contribution is 5.91. The maximum Gasteiger partial charge on any atom is 0.287 e. The molecule has 2 aromatic carbocycles. The highest BCUT2D eigenvalue weighted by Crippen LogP contribution is 2.14. The molecule has 2 heterocycles. The first-order chi connectivity index (χ1) is 14.3. The predicted molar refractivity (Wildman–Crippen MR) is 113 cm³/mol. The molecule has 1 fully saturated rings. The molecular weight excluding hydrogens is 362 g/mol. The van der Waals surface area contributed by atoms with Crippen LogP contribution >= 0.6 is 0 Å². The lowest BCUT2D eigenvalue weighted by molar-refractivity contribution is 0.0912. The van der Waals surface area contributed by atoms with Gasteiger partial charge in [-0.1, -0.05) is 60.7 Å². The first-order valence-electron chi connectivity index (χ1n) is 10.2. The summed E-state index contributed by atoms with van der Waals surface area (Å²) in [6.45, 7) is 6.33. The molecule has 0 radical (unpaired) electrons. The zero-order valence-corrected chi connectivity index (χ0v) is 16.6. The predicted octanol–water partition coefficient (Wildman–Crippen LogP) is 3.53. The normalized spacial score (nSPS) is 15.3. The van der Waals surface area contributed by atoms with Crippen LogP contribution in [0.4, 0.5) is 0 Å². The van der Waals surface area contributed by atoms with Gasteiger partial charge in [-0.25, -0.2) is 0 Å². The monoisotopic (exact) mass is 389 g/mol. The maximum atomic E-state index is 12.3. The summed E-state index contributed by atoms with van der Waals surface area (Å²) in [7, 11) is 0. The summed E-state index contributed by atoms with van der Waals surface area (Å²) < 4.78 is 5.79. The van der Waals surface area contributed by atoms with Crippen LogP contribution in [0.2, 0.25) is 0 Å². The standard InChI is InChI=1S/C24H27N3O2/c28-24(25-17-20-7-3-1-4-8-20)23-12-11-22(29-23)19-27-15-13-26(14-16-27)18-21-9-5-2-6-10-21/h1-12H,13-19H2,(H,25,28). The van der Waals surface area contributed by atoms with Crippen molar-refractivity contribution in [3.05, 3.63) is 95.4 Å². The molecule has 0 saturated carbocycles. The topological polar surface area (TPSA) is 48.7 Å². The molecule has 0 bridgehead atoms. The fraction of sp³-hybridized carbons (Fsp3) is 0.292. The van der Waals surface area contributed by atoms with Crippen molar-refractivity contribution in [3.63, 3.8) is 0 Å². The second-order valence-corrected chi connectivity index (χ2v) is 7.47. The van der Waals surface area contributed by atoms with E-state index in [9.17, 15) is 4.79 Å². The summed E-state index contributed by atoms with van der Waals surface area (Å²) in [5.74, 6) is 1.04. The Bertz CT molecular complexity index is 900. The fourth-order valence-corrected chi connectivity index (χ4v) is 3.62. The van der Waals surface area contributed by atoms with Crippen molar-refractivity contribution in [2.45, 2.75) is 19.6 Å². The van der Waals surface area contributed by atoms with Crippen LogP contribution in [-0.2, 0) is 19.6 Å². The van der Waals surface area contributed by atoms with E-state index in [1.165, 1.54) is 5.56 Å². The first kappa shape index (κ1) is 19.4.